The van der Waals surface area contributed by atoms with Gasteiger partial charge in [0, 0.05) is 5.92 Å². The third-order valence-corrected chi connectivity index (χ3v) is 5.82. The molecule has 2 aliphatic carbocycles. The van der Waals surface area contributed by atoms with Crippen LogP contribution in [0.25, 0.3) is 16.6 Å². The normalized spacial score (nSPS) is 19.4. The first kappa shape index (κ1) is 14.3. The van der Waals surface area contributed by atoms with Crippen LogP contribution in [0.15, 0.2) is 23.0 Å². The molecule has 0 spiro atoms. The van der Waals surface area contributed by atoms with Gasteiger partial charge in [-0.25, -0.2) is 4.98 Å². The number of rotatable bonds is 2. The van der Waals surface area contributed by atoms with Gasteiger partial charge in [-0.3, -0.25) is 9.20 Å². The first-order valence-corrected chi connectivity index (χ1v) is 9.27. The molecule has 2 saturated carbocycles. The molecule has 1 N–H and O–H groups in total. The first-order chi connectivity index (χ1) is 11.7. The van der Waals surface area contributed by atoms with E-state index in [-0.39, 0.29) is 5.56 Å². The van der Waals surface area contributed by atoms with Crippen LogP contribution in [0.2, 0.25) is 0 Å². The van der Waals surface area contributed by atoms with Gasteiger partial charge in [-0.1, -0.05) is 25.3 Å². The van der Waals surface area contributed by atoms with Crippen molar-refractivity contribution in [2.45, 2.75) is 63.7 Å². The van der Waals surface area contributed by atoms with Gasteiger partial charge in [0.15, 0.2) is 0 Å². The lowest BCUT2D eigenvalue weighted by Gasteiger charge is -2.21. The third kappa shape index (κ3) is 2.12. The molecular weight excluding hydrogens is 298 g/mol. The molecule has 0 aliphatic heterocycles. The molecule has 2 fully saturated rings. The first-order valence-electron chi connectivity index (χ1n) is 9.27. The van der Waals surface area contributed by atoms with Crippen LogP contribution in [0, 0.1) is 6.92 Å². The van der Waals surface area contributed by atoms with Gasteiger partial charge in [0.25, 0.3) is 5.56 Å². The number of hydrogen-bond donors (Lipinski definition) is 1. The SMILES string of the molecule is Cc1nc(C2CCCCC2)n2c1c(=O)[nH]c1ccc(C3CC3)cc12. The van der Waals surface area contributed by atoms with Crippen molar-refractivity contribution in [1.29, 1.82) is 0 Å². The molecule has 3 aromatic rings. The predicted molar refractivity (Wildman–Crippen MR) is 95.9 cm³/mol. The van der Waals surface area contributed by atoms with Crippen molar-refractivity contribution in [3.8, 4) is 0 Å². The molecule has 2 aromatic heterocycles. The van der Waals surface area contributed by atoms with E-state index in [1.807, 2.05) is 6.92 Å². The Kier molecular flexibility index (Phi) is 3.09. The summed E-state index contributed by atoms with van der Waals surface area (Å²) < 4.78 is 2.17. The lowest BCUT2D eigenvalue weighted by atomic mass is 9.88. The monoisotopic (exact) mass is 321 g/mol. The smallest absolute Gasteiger partial charge is 0.274 e. The highest BCUT2D eigenvalue weighted by molar-refractivity contribution is 5.80. The van der Waals surface area contributed by atoms with E-state index in [0.717, 1.165) is 28.1 Å². The number of aryl methyl sites for hydroxylation is 1. The van der Waals surface area contributed by atoms with Gasteiger partial charge < -0.3 is 4.98 Å². The van der Waals surface area contributed by atoms with Gasteiger partial charge in [-0.2, -0.15) is 0 Å². The molecular formula is C20H23N3O. The maximum absolute atomic E-state index is 12.6. The zero-order chi connectivity index (χ0) is 16.3. The summed E-state index contributed by atoms with van der Waals surface area (Å²) in [5, 5.41) is 0. The standard InChI is InChI=1S/C20H23N3O/c1-12-18-20(24)22-16-10-9-15(13-7-8-13)11-17(16)23(18)19(21-12)14-5-3-2-4-6-14/h9-11,13-14H,2-8H2,1H3,(H,22,24). The van der Waals surface area contributed by atoms with Crippen molar-refractivity contribution in [2.24, 2.45) is 0 Å². The van der Waals surface area contributed by atoms with Crippen molar-refractivity contribution in [1.82, 2.24) is 14.4 Å². The number of aromatic nitrogens is 3. The van der Waals surface area contributed by atoms with E-state index in [4.69, 9.17) is 4.98 Å². The predicted octanol–water partition coefficient (Wildman–Crippen LogP) is 4.41. The number of H-pyrrole nitrogens is 1. The number of fused-ring (bicyclic) bond motifs is 3. The number of benzene rings is 1. The van der Waals surface area contributed by atoms with Gasteiger partial charge >= 0.3 is 0 Å². The van der Waals surface area contributed by atoms with E-state index in [0.29, 0.717) is 11.8 Å². The number of hydrogen-bond acceptors (Lipinski definition) is 2. The minimum atomic E-state index is -0.0197. The van der Waals surface area contributed by atoms with Crippen LogP contribution in [0.3, 0.4) is 0 Å². The van der Waals surface area contributed by atoms with E-state index in [2.05, 4.69) is 27.6 Å². The number of aromatic amines is 1. The third-order valence-electron chi connectivity index (χ3n) is 5.82. The molecule has 0 atom stereocenters. The molecule has 0 saturated heterocycles. The van der Waals surface area contributed by atoms with Gasteiger partial charge in [-0.15, -0.1) is 0 Å². The maximum atomic E-state index is 12.6. The minimum Gasteiger partial charge on any atom is -0.319 e. The van der Waals surface area contributed by atoms with Crippen LogP contribution in [0.1, 0.15) is 73.9 Å². The van der Waals surface area contributed by atoms with Crippen molar-refractivity contribution in [3.63, 3.8) is 0 Å². The van der Waals surface area contributed by atoms with E-state index in [1.54, 1.807) is 0 Å². The zero-order valence-corrected chi connectivity index (χ0v) is 14.1. The molecule has 24 heavy (non-hydrogen) atoms. The lowest BCUT2D eigenvalue weighted by molar-refractivity contribution is 0.428. The summed E-state index contributed by atoms with van der Waals surface area (Å²) >= 11 is 0. The fourth-order valence-corrected chi connectivity index (χ4v) is 4.39. The summed E-state index contributed by atoms with van der Waals surface area (Å²) in [7, 11) is 0. The van der Waals surface area contributed by atoms with Crippen LogP contribution in [0.4, 0.5) is 0 Å². The Balaban J connectivity index is 1.83. The van der Waals surface area contributed by atoms with Gasteiger partial charge in [0.1, 0.15) is 11.3 Å². The Morgan fingerprint density at radius 3 is 2.62 bits per heavy atom. The fraction of sp³-hybridized carbons (Fsp3) is 0.500. The summed E-state index contributed by atoms with van der Waals surface area (Å²) in [4.78, 5) is 20.5. The minimum absolute atomic E-state index is 0.0197. The molecule has 0 amide bonds. The number of imidazole rings is 1. The van der Waals surface area contributed by atoms with Crippen molar-refractivity contribution in [2.75, 3.05) is 0 Å². The van der Waals surface area contributed by atoms with E-state index in [1.165, 1.54) is 50.5 Å². The van der Waals surface area contributed by atoms with Crippen LogP contribution >= 0.6 is 0 Å². The van der Waals surface area contributed by atoms with Crippen LogP contribution < -0.4 is 5.56 Å². The molecule has 0 bridgehead atoms. The Hall–Kier alpha value is -2.10. The van der Waals surface area contributed by atoms with Crippen LogP contribution in [0.5, 0.6) is 0 Å². The molecule has 4 nitrogen and oxygen atoms in total. The number of nitrogens with zero attached hydrogens (tertiary/aromatic N) is 2. The Bertz CT molecular complexity index is 987. The summed E-state index contributed by atoms with van der Waals surface area (Å²) in [5.41, 5.74) is 5.01. The average Bonchev–Trinajstić information content (AvgIpc) is 3.39. The second kappa shape index (κ2) is 5.20. The molecule has 0 radical (unpaired) electrons. The molecule has 0 unspecified atom stereocenters. The van der Waals surface area contributed by atoms with Crippen molar-refractivity contribution >= 4 is 16.6 Å². The second-order valence-electron chi connectivity index (χ2n) is 7.58. The molecule has 5 rings (SSSR count). The van der Waals surface area contributed by atoms with Crippen LogP contribution in [-0.2, 0) is 0 Å². The molecule has 1 aromatic carbocycles. The second-order valence-corrected chi connectivity index (χ2v) is 7.58. The summed E-state index contributed by atoms with van der Waals surface area (Å²) in [6.45, 7) is 1.97. The molecule has 2 aliphatic rings. The van der Waals surface area contributed by atoms with E-state index < -0.39 is 0 Å². The lowest BCUT2D eigenvalue weighted by Crippen LogP contribution is -2.14. The van der Waals surface area contributed by atoms with Crippen LogP contribution in [-0.4, -0.2) is 14.4 Å². The quantitative estimate of drug-likeness (QED) is 0.760. The average molecular weight is 321 g/mol. The zero-order valence-electron chi connectivity index (χ0n) is 14.1. The topological polar surface area (TPSA) is 50.2 Å². The van der Waals surface area contributed by atoms with Crippen molar-refractivity contribution in [3.05, 3.63) is 45.6 Å². The Labute approximate surface area is 140 Å². The highest BCUT2D eigenvalue weighted by Gasteiger charge is 2.26. The molecule has 124 valence electrons. The summed E-state index contributed by atoms with van der Waals surface area (Å²) in [6.07, 6.45) is 8.82. The van der Waals surface area contributed by atoms with Gasteiger partial charge in [0.05, 0.1) is 16.7 Å². The summed E-state index contributed by atoms with van der Waals surface area (Å²) in [5.74, 6) is 2.29. The Morgan fingerprint density at radius 2 is 1.88 bits per heavy atom. The number of nitrogens with one attached hydrogen (secondary N) is 1. The van der Waals surface area contributed by atoms with Gasteiger partial charge in [0.2, 0.25) is 0 Å². The molecule has 2 heterocycles. The maximum Gasteiger partial charge on any atom is 0.274 e. The largest absolute Gasteiger partial charge is 0.319 e. The highest BCUT2D eigenvalue weighted by atomic mass is 16.1. The fourth-order valence-electron chi connectivity index (χ4n) is 4.39. The molecule has 4 heteroatoms. The van der Waals surface area contributed by atoms with E-state index >= 15 is 0 Å². The van der Waals surface area contributed by atoms with E-state index in [9.17, 15) is 4.79 Å². The Morgan fingerprint density at radius 1 is 1.08 bits per heavy atom. The van der Waals surface area contributed by atoms with Gasteiger partial charge in [-0.05, 0) is 56.2 Å². The van der Waals surface area contributed by atoms with Crippen molar-refractivity contribution < 1.29 is 0 Å². The summed E-state index contributed by atoms with van der Waals surface area (Å²) in [6, 6.07) is 6.53. The highest BCUT2D eigenvalue weighted by Crippen LogP contribution is 2.41.